The Kier molecular flexibility index (Phi) is 8.10. The van der Waals surface area contributed by atoms with Gasteiger partial charge in [-0.25, -0.2) is 4.79 Å². The van der Waals surface area contributed by atoms with Crippen molar-refractivity contribution in [3.05, 3.63) is 40.5 Å². The van der Waals surface area contributed by atoms with E-state index in [0.29, 0.717) is 37.7 Å². The maximum Gasteiger partial charge on any atom is 0.410 e. The largest absolute Gasteiger partial charge is 0.444 e. The first-order valence-electron chi connectivity index (χ1n) is 15.8. The van der Waals surface area contributed by atoms with Crippen LogP contribution in [-0.4, -0.2) is 94.6 Å². The van der Waals surface area contributed by atoms with Crippen molar-refractivity contribution in [2.24, 2.45) is 0 Å². The Morgan fingerprint density at radius 3 is 2.37 bits per heavy atom. The second-order valence-corrected chi connectivity index (χ2v) is 13.8. The molecular weight excluding hydrogens is 548 g/mol. The van der Waals surface area contributed by atoms with Gasteiger partial charge in [-0.05, 0) is 94.5 Å². The predicted molar refractivity (Wildman–Crippen MR) is 160 cm³/mol. The highest BCUT2D eigenvalue weighted by molar-refractivity contribution is 6.06. The number of imide groups is 1. The van der Waals surface area contributed by atoms with E-state index in [1.807, 2.05) is 27.7 Å². The molecule has 4 aliphatic heterocycles. The molecule has 10 heteroatoms. The number of benzene rings is 1. The first-order valence-corrected chi connectivity index (χ1v) is 15.8. The van der Waals surface area contributed by atoms with Crippen molar-refractivity contribution >= 4 is 29.4 Å². The quantitative estimate of drug-likeness (QED) is 0.519. The Morgan fingerprint density at radius 1 is 0.977 bits per heavy atom. The second-order valence-electron chi connectivity index (χ2n) is 13.8. The van der Waals surface area contributed by atoms with Gasteiger partial charge in [0.25, 0.3) is 5.91 Å². The number of carbonyl (C=O) groups is 4. The van der Waals surface area contributed by atoms with Gasteiger partial charge in [-0.2, -0.15) is 0 Å². The molecule has 4 amide bonds. The van der Waals surface area contributed by atoms with Crippen LogP contribution in [0.15, 0.2) is 18.2 Å². The average Bonchev–Trinajstić information content (AvgIpc) is 3.26. The molecule has 2 saturated heterocycles. The molecule has 4 heterocycles. The van der Waals surface area contributed by atoms with Crippen LogP contribution in [0.2, 0.25) is 0 Å². The highest BCUT2D eigenvalue weighted by Gasteiger charge is 2.41. The zero-order chi connectivity index (χ0) is 30.5. The number of aryl methyl sites for hydroxylation is 1. The highest BCUT2D eigenvalue weighted by Crippen LogP contribution is 2.36. The van der Waals surface area contributed by atoms with Crippen molar-refractivity contribution in [3.8, 4) is 0 Å². The van der Waals surface area contributed by atoms with Gasteiger partial charge in [-0.15, -0.1) is 0 Å². The highest BCUT2D eigenvalue weighted by atomic mass is 16.6. The van der Waals surface area contributed by atoms with E-state index in [4.69, 9.17) is 9.47 Å². The van der Waals surface area contributed by atoms with Crippen LogP contribution >= 0.6 is 0 Å². The zero-order valence-electron chi connectivity index (χ0n) is 25.8. The number of hydrogen-bond donors (Lipinski definition) is 1. The summed E-state index contributed by atoms with van der Waals surface area (Å²) in [4.78, 5) is 55.5. The Balaban J connectivity index is 0.981. The number of fused-ring (bicyclic) bond motifs is 1. The normalized spacial score (nSPS) is 27.0. The lowest BCUT2D eigenvalue weighted by Gasteiger charge is -2.45. The van der Waals surface area contributed by atoms with Crippen LogP contribution in [0.3, 0.4) is 0 Å². The van der Waals surface area contributed by atoms with E-state index in [2.05, 4.69) is 28.4 Å². The van der Waals surface area contributed by atoms with Gasteiger partial charge in [0, 0.05) is 50.7 Å². The standard InChI is InChI=1S/C33H44N4O6/c1-20-15-22(16-23-19-37(31(40)29(20)23)27-5-6-28(38)34-30(27)39)21-7-11-35(12-8-21)24-17-26(18-24)42-25-9-13-36(14-10-25)32(41)43-33(2,3)4/h7,15-16,24-27H,5-6,8-14,17-19H2,1-4H3,(H,34,38,39)/t24?,26?,27-/m1/s1. The number of amides is 4. The number of likely N-dealkylation sites (tertiary alicyclic amines) is 1. The van der Waals surface area contributed by atoms with E-state index in [-0.39, 0.29) is 42.4 Å². The minimum atomic E-state index is -0.594. The number of nitrogens with zero attached hydrogens (tertiary/aromatic N) is 3. The van der Waals surface area contributed by atoms with Gasteiger partial charge in [-0.3, -0.25) is 24.6 Å². The molecule has 0 aromatic heterocycles. The smallest absolute Gasteiger partial charge is 0.410 e. The van der Waals surface area contributed by atoms with Gasteiger partial charge in [0.1, 0.15) is 11.6 Å². The third-order valence-corrected chi connectivity index (χ3v) is 9.50. The number of hydrogen-bond acceptors (Lipinski definition) is 7. The van der Waals surface area contributed by atoms with E-state index in [0.717, 1.165) is 61.9 Å². The van der Waals surface area contributed by atoms with Crippen molar-refractivity contribution in [2.45, 2.75) is 109 Å². The molecule has 0 unspecified atom stereocenters. The van der Waals surface area contributed by atoms with Crippen molar-refractivity contribution in [1.82, 2.24) is 20.0 Å². The van der Waals surface area contributed by atoms with E-state index in [1.54, 1.807) is 9.80 Å². The third-order valence-electron chi connectivity index (χ3n) is 9.50. The SMILES string of the molecule is Cc1cc(C2=CCN(C3CC(OC4CCN(C(=O)OC(C)(C)C)CC4)C3)CC2)cc2c1C(=O)N([C@@H]1CCC(=O)NC1=O)C2. The Hall–Kier alpha value is -3.24. The Labute approximate surface area is 253 Å². The summed E-state index contributed by atoms with van der Waals surface area (Å²) in [5.74, 6) is -0.769. The fourth-order valence-corrected chi connectivity index (χ4v) is 7.11. The van der Waals surface area contributed by atoms with Crippen molar-refractivity contribution in [3.63, 3.8) is 0 Å². The molecule has 43 heavy (non-hydrogen) atoms. The zero-order valence-corrected chi connectivity index (χ0v) is 25.8. The molecule has 0 bridgehead atoms. The van der Waals surface area contributed by atoms with Crippen LogP contribution in [0, 0.1) is 6.92 Å². The van der Waals surface area contributed by atoms with E-state index in [1.165, 1.54) is 5.57 Å². The van der Waals surface area contributed by atoms with Gasteiger partial charge in [0.15, 0.2) is 0 Å². The maximum absolute atomic E-state index is 13.2. The van der Waals surface area contributed by atoms with E-state index in [9.17, 15) is 19.2 Å². The van der Waals surface area contributed by atoms with Crippen molar-refractivity contribution < 1.29 is 28.7 Å². The van der Waals surface area contributed by atoms with Crippen molar-refractivity contribution in [1.29, 1.82) is 0 Å². The number of carbonyl (C=O) groups excluding carboxylic acids is 4. The first-order chi connectivity index (χ1) is 20.4. The molecule has 1 N–H and O–H groups in total. The molecule has 232 valence electrons. The predicted octanol–water partition coefficient (Wildman–Crippen LogP) is 3.79. The fourth-order valence-electron chi connectivity index (χ4n) is 7.11. The van der Waals surface area contributed by atoms with Crippen molar-refractivity contribution in [2.75, 3.05) is 26.2 Å². The van der Waals surface area contributed by atoms with Gasteiger partial charge in [-0.1, -0.05) is 12.1 Å². The average molecular weight is 593 g/mol. The molecule has 1 aromatic carbocycles. The van der Waals surface area contributed by atoms with Crippen LogP contribution in [-0.2, 0) is 25.6 Å². The van der Waals surface area contributed by atoms with Gasteiger partial charge in [0.05, 0.1) is 12.2 Å². The van der Waals surface area contributed by atoms with Gasteiger partial charge >= 0.3 is 6.09 Å². The van der Waals surface area contributed by atoms with E-state index >= 15 is 0 Å². The summed E-state index contributed by atoms with van der Waals surface area (Å²) in [7, 11) is 0. The minimum Gasteiger partial charge on any atom is -0.444 e. The molecule has 1 atom stereocenters. The molecule has 0 spiro atoms. The second kappa shape index (κ2) is 11.7. The maximum atomic E-state index is 13.2. The molecule has 1 saturated carbocycles. The monoisotopic (exact) mass is 592 g/mol. The molecule has 10 nitrogen and oxygen atoms in total. The third kappa shape index (κ3) is 6.36. The number of ether oxygens (including phenoxy) is 2. The first kappa shape index (κ1) is 29.8. The van der Waals surface area contributed by atoms with Gasteiger partial charge in [0.2, 0.25) is 11.8 Å². The Morgan fingerprint density at radius 2 is 1.72 bits per heavy atom. The molecule has 0 radical (unpaired) electrons. The fraction of sp³-hybridized carbons (Fsp3) is 0.636. The number of piperidine rings is 2. The lowest BCUT2D eigenvalue weighted by atomic mass is 9.85. The number of rotatable bonds is 5. The summed E-state index contributed by atoms with van der Waals surface area (Å²) >= 11 is 0. The summed E-state index contributed by atoms with van der Waals surface area (Å²) in [6, 6.07) is 4.16. The Bertz CT molecular complexity index is 1340. The number of nitrogens with one attached hydrogen (secondary N) is 1. The summed E-state index contributed by atoms with van der Waals surface area (Å²) < 4.78 is 11.9. The lowest BCUT2D eigenvalue weighted by molar-refractivity contribution is -0.136. The van der Waals surface area contributed by atoms with Gasteiger partial charge < -0.3 is 19.3 Å². The minimum absolute atomic E-state index is 0.118. The molecular formula is C33H44N4O6. The molecule has 3 fully saturated rings. The summed E-state index contributed by atoms with van der Waals surface area (Å²) in [6.07, 6.45) is 7.97. The molecule has 6 rings (SSSR count). The molecule has 1 aliphatic carbocycles. The van der Waals surface area contributed by atoms with Crippen LogP contribution in [0.1, 0.15) is 92.8 Å². The van der Waals surface area contributed by atoms with Crippen LogP contribution in [0.25, 0.3) is 5.57 Å². The topological polar surface area (TPSA) is 108 Å². The molecule has 5 aliphatic rings. The summed E-state index contributed by atoms with van der Waals surface area (Å²) in [6.45, 7) is 11.3. The summed E-state index contributed by atoms with van der Waals surface area (Å²) in [5.41, 5.74) is 4.58. The van der Waals surface area contributed by atoms with Crippen LogP contribution in [0.5, 0.6) is 0 Å². The molecule has 1 aromatic rings. The van der Waals surface area contributed by atoms with Crippen LogP contribution in [0.4, 0.5) is 4.79 Å². The summed E-state index contributed by atoms with van der Waals surface area (Å²) in [5, 5.41) is 2.38. The van der Waals surface area contributed by atoms with Crippen LogP contribution < -0.4 is 5.32 Å². The lowest BCUT2D eigenvalue weighted by Crippen LogP contribution is -2.52. The van der Waals surface area contributed by atoms with E-state index < -0.39 is 11.6 Å².